The van der Waals surface area contributed by atoms with Crippen molar-refractivity contribution in [3.63, 3.8) is 0 Å². The zero-order valence-electron chi connectivity index (χ0n) is 12.2. The molecule has 0 fully saturated rings. The van der Waals surface area contributed by atoms with Crippen LogP contribution >= 0.6 is 11.8 Å². The Morgan fingerprint density at radius 1 is 1.18 bits per heavy atom. The Hall–Kier alpha value is -1.81. The van der Waals surface area contributed by atoms with Crippen LogP contribution in [0.3, 0.4) is 0 Å². The average molecular weight is 333 g/mol. The summed E-state index contributed by atoms with van der Waals surface area (Å²) in [6, 6.07) is 13.8. The van der Waals surface area contributed by atoms with Gasteiger partial charge in [0.25, 0.3) is 10.1 Å². The minimum absolute atomic E-state index is 0.0977. The third kappa shape index (κ3) is 3.89. The number of nitrogens with zero attached hydrogens (tertiary/aromatic N) is 1. The van der Waals surface area contributed by atoms with Gasteiger partial charge in [0.1, 0.15) is 6.07 Å². The molecule has 2 aromatic rings. The highest BCUT2D eigenvalue weighted by Gasteiger charge is 2.15. The molecule has 2 rings (SSSR count). The van der Waals surface area contributed by atoms with Gasteiger partial charge in [-0.1, -0.05) is 23.8 Å². The van der Waals surface area contributed by atoms with Crippen LogP contribution in [0, 0.1) is 18.3 Å². The van der Waals surface area contributed by atoms with Gasteiger partial charge < -0.3 is 0 Å². The molecule has 0 unspecified atom stereocenters. The first-order chi connectivity index (χ1) is 10.5. The Morgan fingerprint density at radius 3 is 2.45 bits per heavy atom. The van der Waals surface area contributed by atoms with Crippen LogP contribution in [0.5, 0.6) is 0 Å². The minimum Gasteiger partial charge on any atom is -0.262 e. The highest BCUT2D eigenvalue weighted by molar-refractivity contribution is 7.98. The molecule has 0 aromatic heterocycles. The highest BCUT2D eigenvalue weighted by atomic mass is 32.2. The van der Waals surface area contributed by atoms with Crippen molar-refractivity contribution < 1.29 is 12.6 Å². The van der Waals surface area contributed by atoms with Crippen molar-refractivity contribution in [1.82, 2.24) is 0 Å². The van der Waals surface area contributed by atoms with Crippen molar-refractivity contribution in [2.45, 2.75) is 23.3 Å². The number of rotatable bonds is 5. The molecule has 114 valence electrons. The molecule has 0 saturated heterocycles. The smallest absolute Gasteiger partial charge is 0.262 e. The van der Waals surface area contributed by atoms with Crippen molar-refractivity contribution in [2.75, 3.05) is 6.26 Å². The molecule has 0 bridgehead atoms. The van der Waals surface area contributed by atoms with Gasteiger partial charge in [-0.15, -0.1) is 11.8 Å². The molecule has 0 aliphatic carbocycles. The summed E-state index contributed by atoms with van der Waals surface area (Å²) in [4.78, 5) is 0.979. The van der Waals surface area contributed by atoms with E-state index >= 15 is 0 Å². The molecule has 0 N–H and O–H groups in total. The van der Waals surface area contributed by atoms with Gasteiger partial charge in [-0.05, 0) is 43.0 Å². The predicted molar refractivity (Wildman–Crippen MR) is 86.1 cm³/mol. The lowest BCUT2D eigenvalue weighted by Gasteiger charge is -2.07. The third-order valence-electron chi connectivity index (χ3n) is 3.07. The van der Waals surface area contributed by atoms with E-state index < -0.39 is 10.1 Å². The lowest BCUT2D eigenvalue weighted by molar-refractivity contribution is 0.308. The van der Waals surface area contributed by atoms with E-state index in [2.05, 4.69) is 6.07 Å². The molecular formula is C16H15NO3S2. The van der Waals surface area contributed by atoms with Crippen molar-refractivity contribution in [2.24, 2.45) is 0 Å². The van der Waals surface area contributed by atoms with Crippen LogP contribution in [0.15, 0.2) is 52.3 Å². The summed E-state index contributed by atoms with van der Waals surface area (Å²) in [5.74, 6) is 0. The first-order valence-electron chi connectivity index (χ1n) is 6.49. The second kappa shape index (κ2) is 6.97. The molecule has 0 atom stereocenters. The Balaban J connectivity index is 2.16. The molecule has 6 heteroatoms. The highest BCUT2D eigenvalue weighted by Crippen LogP contribution is 2.22. The first-order valence-corrected chi connectivity index (χ1v) is 9.12. The molecule has 22 heavy (non-hydrogen) atoms. The van der Waals surface area contributed by atoms with Crippen LogP contribution in [-0.2, 0) is 20.9 Å². The Bertz CT molecular complexity index is 806. The fourth-order valence-corrected chi connectivity index (χ4v) is 3.28. The summed E-state index contributed by atoms with van der Waals surface area (Å²) in [7, 11) is -3.80. The van der Waals surface area contributed by atoms with Gasteiger partial charge in [-0.3, -0.25) is 4.18 Å². The van der Waals surface area contributed by atoms with Crippen molar-refractivity contribution in [3.8, 4) is 6.07 Å². The Kier molecular flexibility index (Phi) is 5.24. The Morgan fingerprint density at radius 2 is 1.86 bits per heavy atom. The normalized spacial score (nSPS) is 11.1. The molecule has 0 aliphatic rings. The van der Waals surface area contributed by atoms with Crippen LogP contribution in [-0.4, -0.2) is 14.7 Å². The van der Waals surface area contributed by atoms with Gasteiger partial charge in [-0.25, -0.2) is 0 Å². The van der Waals surface area contributed by atoms with Gasteiger partial charge in [0, 0.05) is 4.90 Å². The zero-order valence-corrected chi connectivity index (χ0v) is 13.9. The second-order valence-corrected chi connectivity index (χ2v) is 7.14. The SMILES string of the molecule is CSc1ccc(COS(=O)(=O)c2ccc(C)cc2)cc1C#N. The van der Waals surface area contributed by atoms with E-state index in [-0.39, 0.29) is 11.5 Å². The zero-order chi connectivity index (χ0) is 16.2. The van der Waals surface area contributed by atoms with Gasteiger partial charge >= 0.3 is 0 Å². The number of nitriles is 1. The van der Waals surface area contributed by atoms with Gasteiger partial charge in [0.05, 0.1) is 17.1 Å². The van der Waals surface area contributed by atoms with Crippen molar-refractivity contribution in [1.29, 1.82) is 5.26 Å². The summed E-state index contributed by atoms with van der Waals surface area (Å²) in [6.07, 6.45) is 1.88. The van der Waals surface area contributed by atoms with Crippen LogP contribution in [0.2, 0.25) is 0 Å². The molecule has 2 aromatic carbocycles. The molecular weight excluding hydrogens is 318 g/mol. The number of aryl methyl sites for hydroxylation is 1. The maximum Gasteiger partial charge on any atom is 0.297 e. The number of thioether (sulfide) groups is 1. The van der Waals surface area contributed by atoms with E-state index in [1.165, 1.54) is 23.9 Å². The fraction of sp³-hybridized carbons (Fsp3) is 0.188. The van der Waals surface area contributed by atoms with E-state index in [1.807, 2.05) is 13.2 Å². The summed E-state index contributed by atoms with van der Waals surface area (Å²) in [6.45, 7) is 1.79. The van der Waals surface area contributed by atoms with Crippen LogP contribution < -0.4 is 0 Å². The second-order valence-electron chi connectivity index (χ2n) is 4.68. The summed E-state index contributed by atoms with van der Waals surface area (Å²) in [5, 5.41) is 9.08. The predicted octanol–water partition coefficient (Wildman–Crippen LogP) is 3.49. The molecule has 0 radical (unpaired) electrons. The van der Waals surface area contributed by atoms with E-state index in [1.54, 1.807) is 30.3 Å². The van der Waals surface area contributed by atoms with E-state index in [9.17, 15) is 8.42 Å². The largest absolute Gasteiger partial charge is 0.297 e. The number of benzene rings is 2. The maximum atomic E-state index is 12.1. The van der Waals surface area contributed by atoms with Gasteiger partial charge in [0.2, 0.25) is 0 Å². The maximum absolute atomic E-state index is 12.1. The van der Waals surface area contributed by atoms with Crippen LogP contribution in [0.4, 0.5) is 0 Å². The molecule has 0 amide bonds. The lowest BCUT2D eigenvalue weighted by Crippen LogP contribution is -2.06. The van der Waals surface area contributed by atoms with Crippen molar-refractivity contribution >= 4 is 21.9 Å². The number of hydrogen-bond acceptors (Lipinski definition) is 5. The van der Waals surface area contributed by atoms with Gasteiger partial charge in [0.15, 0.2) is 0 Å². The van der Waals surface area contributed by atoms with Crippen LogP contribution in [0.25, 0.3) is 0 Å². The third-order valence-corrected chi connectivity index (χ3v) is 5.15. The first kappa shape index (κ1) is 16.6. The molecule has 0 spiro atoms. The Labute approximate surface area is 134 Å². The minimum atomic E-state index is -3.80. The van der Waals surface area contributed by atoms with Crippen LogP contribution in [0.1, 0.15) is 16.7 Å². The average Bonchev–Trinajstić information content (AvgIpc) is 2.53. The standard InChI is InChI=1S/C16H15NO3S2/c1-12-3-6-15(7-4-12)22(18,19)20-11-13-5-8-16(21-2)14(9-13)10-17/h3-9H,11H2,1-2H3. The van der Waals surface area contributed by atoms with E-state index in [0.29, 0.717) is 11.1 Å². The summed E-state index contributed by atoms with van der Waals surface area (Å²) < 4.78 is 29.3. The summed E-state index contributed by atoms with van der Waals surface area (Å²) >= 11 is 1.47. The molecule has 0 heterocycles. The fourth-order valence-electron chi connectivity index (χ4n) is 1.85. The number of hydrogen-bond donors (Lipinski definition) is 0. The molecule has 0 aliphatic heterocycles. The molecule has 0 saturated carbocycles. The van der Waals surface area contributed by atoms with E-state index in [4.69, 9.17) is 9.44 Å². The topological polar surface area (TPSA) is 67.2 Å². The van der Waals surface area contributed by atoms with E-state index in [0.717, 1.165) is 10.5 Å². The van der Waals surface area contributed by atoms with Gasteiger partial charge in [-0.2, -0.15) is 13.7 Å². The summed E-state index contributed by atoms with van der Waals surface area (Å²) in [5.41, 5.74) is 2.14. The molecule has 4 nitrogen and oxygen atoms in total. The quantitative estimate of drug-likeness (QED) is 0.619. The monoisotopic (exact) mass is 333 g/mol. The van der Waals surface area contributed by atoms with Crippen molar-refractivity contribution in [3.05, 3.63) is 59.2 Å². The lowest BCUT2D eigenvalue weighted by atomic mass is 10.1.